The average Bonchev–Trinajstić information content (AvgIpc) is 2.49. The van der Waals surface area contributed by atoms with Crippen molar-refractivity contribution in [2.24, 2.45) is 11.7 Å². The number of nitrogens with zero attached hydrogens (tertiary/aromatic N) is 2. The highest BCUT2D eigenvalue weighted by atomic mass is 16.2. The van der Waals surface area contributed by atoms with Gasteiger partial charge >= 0.3 is 0 Å². The van der Waals surface area contributed by atoms with Gasteiger partial charge in [-0.25, -0.2) is 0 Å². The van der Waals surface area contributed by atoms with Crippen LogP contribution in [-0.4, -0.2) is 41.0 Å². The minimum absolute atomic E-state index is 0.00119. The summed E-state index contributed by atoms with van der Waals surface area (Å²) in [5.74, 6) is 0.448. The minimum atomic E-state index is -0.380. The van der Waals surface area contributed by atoms with Crippen LogP contribution in [-0.2, 0) is 11.3 Å². The summed E-state index contributed by atoms with van der Waals surface area (Å²) < 4.78 is 0. The van der Waals surface area contributed by atoms with Crippen LogP contribution in [0.2, 0.25) is 0 Å². The molecule has 1 aliphatic rings. The van der Waals surface area contributed by atoms with Gasteiger partial charge in [-0.05, 0) is 42.9 Å². The maximum atomic E-state index is 12.1. The predicted octanol–water partition coefficient (Wildman–Crippen LogP) is 1.54. The van der Waals surface area contributed by atoms with Crippen molar-refractivity contribution in [3.05, 3.63) is 30.1 Å². The lowest BCUT2D eigenvalue weighted by molar-refractivity contribution is -0.123. The van der Waals surface area contributed by atoms with Crippen molar-refractivity contribution >= 4 is 5.91 Å². The van der Waals surface area contributed by atoms with Crippen molar-refractivity contribution in [2.75, 3.05) is 13.1 Å². The SMILES string of the molecule is CC(C)C[C@H](N)C(=O)NC1CCN(Cc2ccncc2)CC1. The van der Waals surface area contributed by atoms with E-state index in [2.05, 4.69) is 41.2 Å². The third-order valence-corrected chi connectivity index (χ3v) is 4.15. The quantitative estimate of drug-likeness (QED) is 0.836. The zero-order valence-corrected chi connectivity index (χ0v) is 13.7. The molecule has 2 rings (SSSR count). The highest BCUT2D eigenvalue weighted by Crippen LogP contribution is 2.14. The highest BCUT2D eigenvalue weighted by molar-refractivity contribution is 5.81. The normalized spacial score (nSPS) is 18.4. The molecule has 1 fully saturated rings. The average molecular weight is 304 g/mol. The standard InChI is InChI=1S/C17H28N4O/c1-13(2)11-16(18)17(22)20-15-5-9-21(10-6-15)12-14-3-7-19-8-4-14/h3-4,7-8,13,15-16H,5-6,9-12,18H2,1-2H3,(H,20,22)/t16-/m0/s1. The van der Waals surface area contributed by atoms with Crippen LogP contribution in [0, 0.1) is 5.92 Å². The lowest BCUT2D eigenvalue weighted by Crippen LogP contribution is -2.49. The number of likely N-dealkylation sites (tertiary alicyclic amines) is 1. The molecular formula is C17H28N4O. The molecule has 3 N–H and O–H groups in total. The molecule has 5 heteroatoms. The van der Waals surface area contributed by atoms with Gasteiger partial charge in [0.05, 0.1) is 6.04 Å². The molecule has 0 bridgehead atoms. The second-order valence-electron chi connectivity index (χ2n) is 6.65. The lowest BCUT2D eigenvalue weighted by Gasteiger charge is -2.33. The third kappa shape index (κ3) is 5.39. The van der Waals surface area contributed by atoms with Crippen molar-refractivity contribution in [2.45, 2.75) is 51.7 Å². The first-order valence-electron chi connectivity index (χ1n) is 8.22. The maximum absolute atomic E-state index is 12.1. The largest absolute Gasteiger partial charge is 0.352 e. The summed E-state index contributed by atoms with van der Waals surface area (Å²) in [4.78, 5) is 18.5. The molecule has 1 atom stereocenters. The molecule has 1 aromatic heterocycles. The molecule has 1 aromatic rings. The topological polar surface area (TPSA) is 71.2 Å². The molecule has 2 heterocycles. The Morgan fingerprint density at radius 3 is 2.59 bits per heavy atom. The zero-order valence-electron chi connectivity index (χ0n) is 13.7. The number of amides is 1. The van der Waals surface area contributed by atoms with Crippen molar-refractivity contribution in [1.29, 1.82) is 0 Å². The fourth-order valence-corrected chi connectivity index (χ4v) is 2.90. The molecule has 0 saturated carbocycles. The summed E-state index contributed by atoms with van der Waals surface area (Å²) in [6.07, 6.45) is 6.39. The maximum Gasteiger partial charge on any atom is 0.237 e. The van der Waals surface area contributed by atoms with E-state index >= 15 is 0 Å². The van der Waals surface area contributed by atoms with E-state index in [1.807, 2.05) is 12.4 Å². The summed E-state index contributed by atoms with van der Waals surface area (Å²) in [6, 6.07) is 3.99. The zero-order chi connectivity index (χ0) is 15.9. The van der Waals surface area contributed by atoms with Crippen LogP contribution in [0.4, 0.5) is 0 Å². The Morgan fingerprint density at radius 2 is 2.00 bits per heavy atom. The van der Waals surface area contributed by atoms with E-state index in [4.69, 9.17) is 5.73 Å². The molecule has 122 valence electrons. The van der Waals surface area contributed by atoms with Gasteiger partial charge in [0.25, 0.3) is 0 Å². The first kappa shape index (κ1) is 16.9. The van der Waals surface area contributed by atoms with E-state index in [9.17, 15) is 4.79 Å². The van der Waals surface area contributed by atoms with Crippen molar-refractivity contribution in [3.63, 3.8) is 0 Å². The number of rotatable bonds is 6. The molecule has 0 aromatic carbocycles. The number of hydrogen-bond donors (Lipinski definition) is 2. The van der Waals surface area contributed by atoms with E-state index in [-0.39, 0.29) is 18.0 Å². The van der Waals surface area contributed by atoms with Gasteiger partial charge in [-0.3, -0.25) is 14.7 Å². The van der Waals surface area contributed by atoms with Crippen LogP contribution in [0.1, 0.15) is 38.7 Å². The first-order valence-corrected chi connectivity index (χ1v) is 8.22. The van der Waals surface area contributed by atoms with Gasteiger partial charge in [-0.15, -0.1) is 0 Å². The van der Waals surface area contributed by atoms with E-state index in [0.29, 0.717) is 5.92 Å². The predicted molar refractivity (Wildman–Crippen MR) is 88.1 cm³/mol. The Bertz CT molecular complexity index is 455. The minimum Gasteiger partial charge on any atom is -0.352 e. The monoisotopic (exact) mass is 304 g/mol. The highest BCUT2D eigenvalue weighted by Gasteiger charge is 2.23. The van der Waals surface area contributed by atoms with Crippen LogP contribution in [0.3, 0.4) is 0 Å². The van der Waals surface area contributed by atoms with Gasteiger partial charge in [-0.1, -0.05) is 13.8 Å². The summed E-state index contributed by atoms with van der Waals surface area (Å²) >= 11 is 0. The molecule has 1 saturated heterocycles. The number of nitrogens with one attached hydrogen (secondary N) is 1. The molecule has 5 nitrogen and oxygen atoms in total. The van der Waals surface area contributed by atoms with Gasteiger partial charge in [-0.2, -0.15) is 0 Å². The Balaban J connectivity index is 1.72. The van der Waals surface area contributed by atoms with Crippen molar-refractivity contribution in [3.8, 4) is 0 Å². The van der Waals surface area contributed by atoms with Gasteiger partial charge in [0.1, 0.15) is 0 Å². The molecule has 0 unspecified atom stereocenters. The molecular weight excluding hydrogens is 276 g/mol. The Morgan fingerprint density at radius 1 is 1.36 bits per heavy atom. The number of carbonyl (C=O) groups is 1. The fourth-order valence-electron chi connectivity index (χ4n) is 2.90. The number of piperidine rings is 1. The molecule has 1 aliphatic heterocycles. The Hall–Kier alpha value is -1.46. The van der Waals surface area contributed by atoms with Crippen LogP contribution in [0.15, 0.2) is 24.5 Å². The Kier molecular flexibility index (Phi) is 6.34. The third-order valence-electron chi connectivity index (χ3n) is 4.15. The molecule has 1 amide bonds. The number of hydrogen-bond acceptors (Lipinski definition) is 4. The molecule has 0 spiro atoms. The number of aromatic nitrogens is 1. The van der Waals surface area contributed by atoms with Crippen LogP contribution in [0.5, 0.6) is 0 Å². The van der Waals surface area contributed by atoms with Gasteiger partial charge in [0, 0.05) is 38.1 Å². The number of nitrogens with two attached hydrogens (primary N) is 1. The second-order valence-corrected chi connectivity index (χ2v) is 6.65. The summed E-state index contributed by atoms with van der Waals surface area (Å²) in [7, 11) is 0. The van der Waals surface area contributed by atoms with Crippen LogP contribution in [0.25, 0.3) is 0 Å². The van der Waals surface area contributed by atoms with Crippen molar-refractivity contribution < 1.29 is 4.79 Å². The summed E-state index contributed by atoms with van der Waals surface area (Å²) in [5.41, 5.74) is 7.22. The van der Waals surface area contributed by atoms with Gasteiger partial charge < -0.3 is 11.1 Å². The molecule has 0 radical (unpaired) electrons. The first-order chi connectivity index (χ1) is 10.5. The van der Waals surface area contributed by atoms with Gasteiger partial charge in [0.2, 0.25) is 5.91 Å². The molecule has 0 aliphatic carbocycles. The van der Waals surface area contributed by atoms with Crippen LogP contribution >= 0.6 is 0 Å². The van der Waals surface area contributed by atoms with E-state index in [0.717, 1.165) is 38.9 Å². The van der Waals surface area contributed by atoms with E-state index in [1.165, 1.54) is 5.56 Å². The van der Waals surface area contributed by atoms with Crippen LogP contribution < -0.4 is 11.1 Å². The molecule has 22 heavy (non-hydrogen) atoms. The second kappa shape index (κ2) is 8.25. The summed E-state index contributed by atoms with van der Waals surface area (Å²) in [6.45, 7) is 7.14. The smallest absolute Gasteiger partial charge is 0.237 e. The lowest BCUT2D eigenvalue weighted by atomic mass is 10.0. The fraction of sp³-hybridized carbons (Fsp3) is 0.647. The van der Waals surface area contributed by atoms with Gasteiger partial charge in [0.15, 0.2) is 0 Å². The van der Waals surface area contributed by atoms with E-state index < -0.39 is 0 Å². The summed E-state index contributed by atoms with van der Waals surface area (Å²) in [5, 5.41) is 3.11. The number of pyridine rings is 1. The Labute approximate surface area is 133 Å². The number of carbonyl (C=O) groups excluding carboxylic acids is 1. The van der Waals surface area contributed by atoms with E-state index in [1.54, 1.807) is 0 Å². The van der Waals surface area contributed by atoms with Crippen molar-refractivity contribution in [1.82, 2.24) is 15.2 Å².